The second-order valence-corrected chi connectivity index (χ2v) is 9.00. The molecule has 4 nitrogen and oxygen atoms in total. The molecule has 3 heterocycles. The number of nitrogens with zero attached hydrogens (tertiary/aromatic N) is 1. The molecule has 1 saturated carbocycles. The largest absolute Gasteiger partial charge is 0.494 e. The Morgan fingerprint density at radius 3 is 2.93 bits per heavy atom. The van der Waals surface area contributed by atoms with Crippen molar-refractivity contribution >= 4 is 5.71 Å². The van der Waals surface area contributed by atoms with Gasteiger partial charge < -0.3 is 15.0 Å². The molecule has 0 bridgehead atoms. The van der Waals surface area contributed by atoms with E-state index in [2.05, 4.69) is 35.4 Å². The predicted molar refractivity (Wildman–Crippen MR) is 118 cm³/mol. The van der Waals surface area contributed by atoms with E-state index in [1.807, 2.05) is 12.3 Å². The monoisotopic (exact) mass is 391 g/mol. The molecule has 4 aliphatic rings. The van der Waals surface area contributed by atoms with Gasteiger partial charge in [0.05, 0.1) is 24.6 Å². The fourth-order valence-corrected chi connectivity index (χ4v) is 5.98. The summed E-state index contributed by atoms with van der Waals surface area (Å²) < 4.78 is 5.70. The average molecular weight is 392 g/mol. The second kappa shape index (κ2) is 7.98. The minimum atomic E-state index is 0.304. The van der Waals surface area contributed by atoms with Gasteiger partial charge in [0.25, 0.3) is 0 Å². The van der Waals surface area contributed by atoms with Crippen molar-refractivity contribution in [1.29, 1.82) is 0 Å². The molecule has 154 valence electrons. The van der Waals surface area contributed by atoms with Crippen LogP contribution in [0.1, 0.15) is 64.0 Å². The van der Waals surface area contributed by atoms with Crippen LogP contribution in [0.5, 0.6) is 0 Å². The molecule has 4 heteroatoms. The van der Waals surface area contributed by atoms with Gasteiger partial charge in [0.15, 0.2) is 0 Å². The van der Waals surface area contributed by atoms with Crippen molar-refractivity contribution in [2.45, 2.75) is 70.4 Å². The number of H-pyrrole nitrogens is 1. The van der Waals surface area contributed by atoms with Crippen LogP contribution in [0.3, 0.4) is 0 Å². The number of allylic oxidation sites excluding steroid dienone is 1. The predicted octanol–water partition coefficient (Wildman–Crippen LogP) is 5.27. The minimum Gasteiger partial charge on any atom is -0.494 e. The highest BCUT2D eigenvalue weighted by Crippen LogP contribution is 2.48. The Bertz CT molecular complexity index is 874. The summed E-state index contributed by atoms with van der Waals surface area (Å²) in [6.07, 6.45) is 17.1. The van der Waals surface area contributed by atoms with E-state index in [0.717, 1.165) is 34.7 Å². The molecule has 5 rings (SSSR count). The fourth-order valence-electron chi connectivity index (χ4n) is 5.98. The Kier molecular flexibility index (Phi) is 5.21. The third kappa shape index (κ3) is 3.42. The van der Waals surface area contributed by atoms with Gasteiger partial charge in [-0.2, -0.15) is 0 Å². The summed E-state index contributed by atoms with van der Waals surface area (Å²) in [5.74, 6) is 2.42. The van der Waals surface area contributed by atoms with Gasteiger partial charge in [0.1, 0.15) is 11.5 Å². The summed E-state index contributed by atoms with van der Waals surface area (Å²) >= 11 is 0. The van der Waals surface area contributed by atoms with Gasteiger partial charge in [0, 0.05) is 18.3 Å². The molecular formula is C25H33N3O. The fraction of sp³-hybridized carbons (Fsp3) is 0.560. The molecule has 0 radical (unpaired) electrons. The van der Waals surface area contributed by atoms with E-state index in [-0.39, 0.29) is 0 Å². The summed E-state index contributed by atoms with van der Waals surface area (Å²) in [5.41, 5.74) is 6.45. The van der Waals surface area contributed by atoms with E-state index in [1.54, 1.807) is 18.3 Å². The zero-order valence-electron chi connectivity index (χ0n) is 17.7. The number of aromatic nitrogens is 1. The van der Waals surface area contributed by atoms with Crippen LogP contribution in [0, 0.1) is 11.8 Å². The average Bonchev–Trinajstić information content (AvgIpc) is 3.47. The third-order valence-corrected chi connectivity index (χ3v) is 7.30. The molecule has 2 aliphatic carbocycles. The summed E-state index contributed by atoms with van der Waals surface area (Å²) in [6.45, 7) is 2.31. The van der Waals surface area contributed by atoms with Gasteiger partial charge in [-0.15, -0.1) is 0 Å². The van der Waals surface area contributed by atoms with Crippen LogP contribution in [-0.4, -0.2) is 29.9 Å². The maximum Gasteiger partial charge on any atom is 0.146 e. The summed E-state index contributed by atoms with van der Waals surface area (Å²) in [5, 5.41) is 3.98. The maximum atomic E-state index is 5.70. The lowest BCUT2D eigenvalue weighted by Crippen LogP contribution is -2.34. The van der Waals surface area contributed by atoms with Gasteiger partial charge in [-0.3, -0.25) is 0 Å². The zero-order chi connectivity index (χ0) is 19.8. The van der Waals surface area contributed by atoms with Crippen molar-refractivity contribution in [1.82, 2.24) is 10.3 Å². The molecule has 1 aromatic heterocycles. The standard InChI is InChI=1S/C25H33N3O/c1-3-4-7-16-11-12-17-8-5-9-19-24(17)25(16)22(27-19)14-21-23(29-2)15-20(28-21)18-10-6-13-26-18/h6,10,13-17,19,22,26-27H,3-5,7-9,11-12H2,1-2H3/b21-14+/t16-,17?,19?,22?/m0/s1. The Morgan fingerprint density at radius 2 is 2.14 bits per heavy atom. The van der Waals surface area contributed by atoms with Crippen LogP contribution < -0.4 is 5.32 Å². The van der Waals surface area contributed by atoms with Crippen molar-refractivity contribution in [2.75, 3.05) is 7.11 Å². The number of aromatic amines is 1. The maximum absolute atomic E-state index is 5.70. The Labute approximate surface area is 174 Å². The summed E-state index contributed by atoms with van der Waals surface area (Å²) in [6, 6.07) is 4.96. The number of ether oxygens (including phenoxy) is 1. The lowest BCUT2D eigenvalue weighted by atomic mass is 9.68. The first kappa shape index (κ1) is 18.9. The van der Waals surface area contributed by atoms with Gasteiger partial charge in [0.2, 0.25) is 0 Å². The molecule has 1 fully saturated rings. The van der Waals surface area contributed by atoms with Crippen molar-refractivity contribution < 1.29 is 4.74 Å². The Morgan fingerprint density at radius 1 is 1.21 bits per heavy atom. The van der Waals surface area contributed by atoms with Crippen molar-refractivity contribution in [3.63, 3.8) is 0 Å². The molecule has 2 N–H and O–H groups in total. The molecule has 4 atom stereocenters. The number of aliphatic imine (C=N–C) groups is 1. The molecule has 2 aliphatic heterocycles. The van der Waals surface area contributed by atoms with Gasteiger partial charge in [-0.1, -0.05) is 26.2 Å². The highest BCUT2D eigenvalue weighted by Gasteiger charge is 2.43. The van der Waals surface area contributed by atoms with E-state index in [4.69, 9.17) is 9.73 Å². The van der Waals surface area contributed by atoms with Gasteiger partial charge in [-0.25, -0.2) is 4.99 Å². The topological polar surface area (TPSA) is 49.4 Å². The SMILES string of the molecule is CCCC[C@H]1CCC2CCCC3NC(/C=C4/N=C(c5ccc[nH]5)C=C4OC)C1=C23. The van der Waals surface area contributed by atoms with E-state index in [1.165, 1.54) is 51.4 Å². The smallest absolute Gasteiger partial charge is 0.146 e. The van der Waals surface area contributed by atoms with E-state index < -0.39 is 0 Å². The summed E-state index contributed by atoms with van der Waals surface area (Å²) in [4.78, 5) is 8.18. The van der Waals surface area contributed by atoms with Crippen LogP contribution in [0.2, 0.25) is 0 Å². The highest BCUT2D eigenvalue weighted by atomic mass is 16.5. The molecule has 0 aromatic carbocycles. The molecule has 0 spiro atoms. The number of hydrogen-bond acceptors (Lipinski definition) is 3. The van der Waals surface area contributed by atoms with Crippen LogP contribution in [0.4, 0.5) is 0 Å². The van der Waals surface area contributed by atoms with Crippen LogP contribution in [0.15, 0.2) is 58.1 Å². The first-order chi connectivity index (χ1) is 14.3. The Hall–Kier alpha value is -2.07. The van der Waals surface area contributed by atoms with Crippen molar-refractivity contribution in [2.24, 2.45) is 16.8 Å². The van der Waals surface area contributed by atoms with Crippen LogP contribution in [0.25, 0.3) is 0 Å². The molecule has 0 amide bonds. The van der Waals surface area contributed by atoms with Gasteiger partial charge >= 0.3 is 0 Å². The Balaban J connectivity index is 1.49. The van der Waals surface area contributed by atoms with E-state index in [0.29, 0.717) is 12.1 Å². The normalized spacial score (nSPS) is 32.4. The quantitative estimate of drug-likeness (QED) is 0.649. The third-order valence-electron chi connectivity index (χ3n) is 7.30. The second-order valence-electron chi connectivity index (χ2n) is 9.00. The molecule has 3 unspecified atom stereocenters. The van der Waals surface area contributed by atoms with Crippen LogP contribution in [-0.2, 0) is 4.74 Å². The molecule has 0 saturated heterocycles. The van der Waals surface area contributed by atoms with Crippen LogP contribution >= 0.6 is 0 Å². The number of nitrogens with one attached hydrogen (secondary N) is 2. The number of unbranched alkanes of at least 4 members (excludes halogenated alkanes) is 1. The summed E-state index contributed by atoms with van der Waals surface area (Å²) in [7, 11) is 1.75. The van der Waals surface area contributed by atoms with Gasteiger partial charge in [-0.05, 0) is 73.3 Å². The minimum absolute atomic E-state index is 0.304. The molecule has 29 heavy (non-hydrogen) atoms. The van der Waals surface area contributed by atoms with Crippen molar-refractivity contribution in [3.05, 3.63) is 58.8 Å². The number of methoxy groups -OCH3 is 1. The molecule has 1 aromatic rings. The van der Waals surface area contributed by atoms with E-state index >= 15 is 0 Å². The lowest BCUT2D eigenvalue weighted by Gasteiger charge is -2.36. The van der Waals surface area contributed by atoms with E-state index in [9.17, 15) is 0 Å². The molecular weight excluding hydrogens is 358 g/mol. The zero-order valence-corrected chi connectivity index (χ0v) is 17.7. The number of rotatable bonds is 6. The lowest BCUT2D eigenvalue weighted by molar-refractivity contribution is 0.301. The van der Waals surface area contributed by atoms with Crippen molar-refractivity contribution in [3.8, 4) is 0 Å². The number of hydrogen-bond donors (Lipinski definition) is 2. The first-order valence-electron chi connectivity index (χ1n) is 11.5. The highest BCUT2D eigenvalue weighted by molar-refractivity contribution is 6.10. The first-order valence-corrected chi connectivity index (χ1v) is 11.5.